The van der Waals surface area contributed by atoms with E-state index in [1.165, 1.54) is 11.8 Å². The van der Waals surface area contributed by atoms with Crippen molar-refractivity contribution in [2.75, 3.05) is 51.7 Å². The second kappa shape index (κ2) is 8.41. The first kappa shape index (κ1) is 21.8. The fraction of sp³-hybridized carbons (Fsp3) is 0.409. The van der Waals surface area contributed by atoms with Crippen molar-refractivity contribution in [1.29, 1.82) is 0 Å². The second-order valence-electron chi connectivity index (χ2n) is 8.07. The van der Waals surface area contributed by atoms with Gasteiger partial charge in [0, 0.05) is 48.3 Å². The number of hydrogen-bond donors (Lipinski definition) is 0. The molecule has 3 aromatic rings. The van der Waals surface area contributed by atoms with Crippen LogP contribution in [0.2, 0.25) is 10.0 Å². The molecule has 0 atom stereocenters. The topological polar surface area (TPSA) is 69.6 Å². The summed E-state index contributed by atoms with van der Waals surface area (Å²) in [6, 6.07) is 3.58. The number of pyridine rings is 1. The number of ether oxygens (including phenoxy) is 3. The molecule has 0 radical (unpaired) electrons. The molecule has 7 nitrogen and oxygen atoms in total. The molecule has 1 aromatic carbocycles. The summed E-state index contributed by atoms with van der Waals surface area (Å²) in [6.07, 6.45) is 4.84. The van der Waals surface area contributed by atoms with Gasteiger partial charge < -0.3 is 19.1 Å². The van der Waals surface area contributed by atoms with E-state index in [9.17, 15) is 0 Å². The monoisotopic (exact) mass is 492 g/mol. The predicted octanol–water partition coefficient (Wildman–Crippen LogP) is 4.96. The van der Waals surface area contributed by atoms with E-state index in [4.69, 9.17) is 47.4 Å². The van der Waals surface area contributed by atoms with Crippen LogP contribution in [0.3, 0.4) is 0 Å². The lowest BCUT2D eigenvalue weighted by Crippen LogP contribution is -2.57. The Hall–Kier alpha value is -2.00. The minimum absolute atomic E-state index is 0.202. The number of nitrogens with zero attached hydrogens (tertiary/aromatic N) is 4. The first-order valence-electron chi connectivity index (χ1n) is 10.1. The van der Waals surface area contributed by atoms with Gasteiger partial charge in [-0.3, -0.25) is 0 Å². The zero-order chi connectivity index (χ0) is 22.5. The Morgan fingerprint density at radius 3 is 2.41 bits per heavy atom. The fourth-order valence-electron chi connectivity index (χ4n) is 4.38. The van der Waals surface area contributed by atoms with Crippen molar-refractivity contribution in [3.63, 3.8) is 0 Å². The van der Waals surface area contributed by atoms with Crippen molar-refractivity contribution >= 4 is 51.7 Å². The van der Waals surface area contributed by atoms with E-state index in [2.05, 4.69) is 9.88 Å². The molecular weight excluding hydrogens is 471 g/mol. The lowest BCUT2D eigenvalue weighted by molar-refractivity contribution is 0.131. The van der Waals surface area contributed by atoms with Gasteiger partial charge in [0.2, 0.25) is 0 Å². The molecule has 2 aliphatic heterocycles. The normalized spacial score (nSPS) is 17.1. The standard InChI is InChI=1S/C22H22Cl2N4O3S/c1-29-14-7-15(30-2)18(24)16(17(14)23)13-6-12-8-25-21(32-3)27-19(12)20(26-13)28-9-22(10-28)4-5-31-11-22/h6-8H,4-5,9-11H2,1-3H3. The Morgan fingerprint density at radius 1 is 1.09 bits per heavy atom. The number of fused-ring (bicyclic) bond motifs is 1. The average molecular weight is 493 g/mol. The van der Waals surface area contributed by atoms with Crippen molar-refractivity contribution in [1.82, 2.24) is 15.0 Å². The van der Waals surface area contributed by atoms with Gasteiger partial charge in [0.25, 0.3) is 0 Å². The SMILES string of the molecule is COc1cc(OC)c(Cl)c(-c2cc3cnc(SC)nc3c(N3CC4(CCOC4)C3)n2)c1Cl. The van der Waals surface area contributed by atoms with Crippen LogP contribution < -0.4 is 14.4 Å². The van der Waals surface area contributed by atoms with Gasteiger partial charge in [-0.2, -0.15) is 0 Å². The Kier molecular flexibility index (Phi) is 5.73. The third-order valence-corrected chi connectivity index (χ3v) is 7.39. The molecular formula is C22H22Cl2N4O3S. The zero-order valence-electron chi connectivity index (χ0n) is 17.9. The van der Waals surface area contributed by atoms with Crippen LogP contribution in [0.5, 0.6) is 11.5 Å². The lowest BCUT2D eigenvalue weighted by atomic mass is 9.79. The third kappa shape index (κ3) is 3.53. The summed E-state index contributed by atoms with van der Waals surface area (Å²) >= 11 is 14.9. The average Bonchev–Trinajstić information content (AvgIpc) is 3.28. The minimum atomic E-state index is 0.202. The number of benzene rings is 1. The highest BCUT2D eigenvalue weighted by atomic mass is 35.5. The fourth-order valence-corrected chi connectivity index (χ4v) is 5.41. The highest BCUT2D eigenvalue weighted by molar-refractivity contribution is 7.98. The van der Waals surface area contributed by atoms with Crippen molar-refractivity contribution < 1.29 is 14.2 Å². The number of anilines is 1. The molecule has 2 aromatic heterocycles. The number of thioether (sulfide) groups is 1. The van der Waals surface area contributed by atoms with E-state index < -0.39 is 0 Å². The quantitative estimate of drug-likeness (QED) is 0.365. The number of aromatic nitrogens is 3. The summed E-state index contributed by atoms with van der Waals surface area (Å²) in [4.78, 5) is 16.5. The van der Waals surface area contributed by atoms with E-state index >= 15 is 0 Å². The molecule has 0 amide bonds. The number of halogens is 2. The largest absolute Gasteiger partial charge is 0.495 e. The van der Waals surface area contributed by atoms with Crippen molar-refractivity contribution in [2.45, 2.75) is 11.6 Å². The summed E-state index contributed by atoms with van der Waals surface area (Å²) in [5, 5.41) is 2.32. The minimum Gasteiger partial charge on any atom is -0.495 e. The van der Waals surface area contributed by atoms with Crippen LogP contribution in [-0.4, -0.2) is 61.7 Å². The van der Waals surface area contributed by atoms with Crippen molar-refractivity contribution in [2.24, 2.45) is 5.41 Å². The van der Waals surface area contributed by atoms with Crippen LogP contribution >= 0.6 is 35.0 Å². The maximum absolute atomic E-state index is 6.69. The molecule has 2 saturated heterocycles. The van der Waals surface area contributed by atoms with E-state index in [1.54, 1.807) is 20.3 Å². The molecule has 168 valence electrons. The van der Waals surface area contributed by atoms with Gasteiger partial charge in [0.1, 0.15) is 17.0 Å². The summed E-state index contributed by atoms with van der Waals surface area (Å²) in [5.74, 6) is 1.72. The van der Waals surface area contributed by atoms with Crippen LogP contribution in [0.25, 0.3) is 22.2 Å². The van der Waals surface area contributed by atoms with Crippen LogP contribution in [0, 0.1) is 5.41 Å². The molecule has 10 heteroatoms. The first-order valence-corrected chi connectivity index (χ1v) is 12.1. The van der Waals surface area contributed by atoms with E-state index in [1.807, 2.05) is 18.5 Å². The first-order chi connectivity index (χ1) is 15.5. The Morgan fingerprint density at radius 2 is 1.81 bits per heavy atom. The molecule has 0 unspecified atom stereocenters. The summed E-state index contributed by atoms with van der Waals surface area (Å²) in [5.41, 5.74) is 2.18. The molecule has 4 heterocycles. The number of rotatable bonds is 5. The molecule has 0 N–H and O–H groups in total. The van der Waals surface area contributed by atoms with E-state index in [-0.39, 0.29) is 5.41 Å². The van der Waals surface area contributed by atoms with Crippen LogP contribution in [-0.2, 0) is 4.74 Å². The van der Waals surface area contributed by atoms with Gasteiger partial charge in [-0.15, -0.1) is 0 Å². The molecule has 32 heavy (non-hydrogen) atoms. The lowest BCUT2D eigenvalue weighted by Gasteiger charge is -2.48. The van der Waals surface area contributed by atoms with Crippen LogP contribution in [0.4, 0.5) is 5.82 Å². The Balaban J connectivity index is 1.69. The van der Waals surface area contributed by atoms with E-state index in [0.29, 0.717) is 38.0 Å². The Labute approximate surface area is 200 Å². The molecule has 2 aliphatic rings. The second-order valence-corrected chi connectivity index (χ2v) is 9.60. The highest BCUT2D eigenvalue weighted by Crippen LogP contribution is 2.47. The van der Waals surface area contributed by atoms with Gasteiger partial charge in [0.05, 0.1) is 36.6 Å². The Bertz CT molecular complexity index is 1170. The van der Waals surface area contributed by atoms with Gasteiger partial charge in [-0.1, -0.05) is 35.0 Å². The van der Waals surface area contributed by atoms with Gasteiger partial charge in [-0.25, -0.2) is 15.0 Å². The molecule has 5 rings (SSSR count). The number of hydrogen-bond acceptors (Lipinski definition) is 8. The van der Waals surface area contributed by atoms with Crippen molar-refractivity contribution in [3.05, 3.63) is 28.4 Å². The van der Waals surface area contributed by atoms with Gasteiger partial charge >= 0.3 is 0 Å². The highest BCUT2D eigenvalue weighted by Gasteiger charge is 2.47. The maximum atomic E-state index is 6.69. The zero-order valence-corrected chi connectivity index (χ0v) is 20.3. The predicted molar refractivity (Wildman–Crippen MR) is 128 cm³/mol. The van der Waals surface area contributed by atoms with Gasteiger partial charge in [-0.05, 0) is 18.7 Å². The van der Waals surface area contributed by atoms with Crippen molar-refractivity contribution in [3.8, 4) is 22.8 Å². The van der Waals surface area contributed by atoms with Crippen LogP contribution in [0.15, 0.2) is 23.5 Å². The van der Waals surface area contributed by atoms with Gasteiger partial charge in [0.15, 0.2) is 11.0 Å². The third-order valence-electron chi connectivity index (χ3n) is 6.07. The summed E-state index contributed by atoms with van der Waals surface area (Å²) in [7, 11) is 3.11. The smallest absolute Gasteiger partial charge is 0.187 e. The molecule has 0 aliphatic carbocycles. The molecule has 0 saturated carbocycles. The summed E-state index contributed by atoms with van der Waals surface area (Å²) in [6.45, 7) is 3.35. The molecule has 1 spiro atoms. The molecule has 2 fully saturated rings. The summed E-state index contributed by atoms with van der Waals surface area (Å²) < 4.78 is 16.5. The maximum Gasteiger partial charge on any atom is 0.187 e. The molecule has 0 bridgehead atoms. The number of methoxy groups -OCH3 is 2. The van der Waals surface area contributed by atoms with E-state index in [0.717, 1.165) is 49.4 Å². The van der Waals surface area contributed by atoms with Crippen LogP contribution in [0.1, 0.15) is 6.42 Å².